The third kappa shape index (κ3) is 6.00. The van der Waals surface area contributed by atoms with Crippen LogP contribution in [-0.4, -0.2) is 51.6 Å². The first kappa shape index (κ1) is 26.2. The zero-order valence-electron chi connectivity index (χ0n) is 21.8. The number of aromatic nitrogens is 1. The van der Waals surface area contributed by atoms with Crippen molar-refractivity contribution in [2.24, 2.45) is 5.92 Å². The van der Waals surface area contributed by atoms with Gasteiger partial charge in [0.1, 0.15) is 11.6 Å². The molecular formula is C28H36N4O3S2. The van der Waals surface area contributed by atoms with E-state index in [9.17, 15) is 8.42 Å². The quantitative estimate of drug-likeness (QED) is 0.449. The van der Waals surface area contributed by atoms with E-state index in [1.54, 1.807) is 30.6 Å². The van der Waals surface area contributed by atoms with E-state index in [0.717, 1.165) is 44.8 Å². The van der Waals surface area contributed by atoms with E-state index in [2.05, 4.69) is 62.3 Å². The van der Waals surface area contributed by atoms with E-state index in [0.29, 0.717) is 24.8 Å². The minimum Gasteiger partial charge on any atom is -0.497 e. The van der Waals surface area contributed by atoms with E-state index in [-0.39, 0.29) is 10.4 Å². The van der Waals surface area contributed by atoms with Crippen LogP contribution in [-0.2, 0) is 28.5 Å². The van der Waals surface area contributed by atoms with Gasteiger partial charge >= 0.3 is 0 Å². The SMILES string of the molecule is COc1ccc2c(c1)C(C)(C)CN(c1cccc(S(=O)(=O)NCC3CCN(Cc4ccsc4)CC3)n1)C2. The average molecular weight is 541 g/mol. The number of anilines is 1. The van der Waals surface area contributed by atoms with E-state index in [1.807, 2.05) is 12.1 Å². The zero-order valence-corrected chi connectivity index (χ0v) is 23.4. The molecule has 37 heavy (non-hydrogen) atoms. The largest absolute Gasteiger partial charge is 0.497 e. The molecule has 0 unspecified atom stereocenters. The number of thiophene rings is 1. The third-order valence-corrected chi connectivity index (χ3v) is 9.61. The Morgan fingerprint density at radius 2 is 1.97 bits per heavy atom. The highest BCUT2D eigenvalue weighted by atomic mass is 32.2. The first-order valence-electron chi connectivity index (χ1n) is 12.9. The molecule has 1 fully saturated rings. The summed E-state index contributed by atoms with van der Waals surface area (Å²) < 4.78 is 34.6. The fourth-order valence-corrected chi connectivity index (χ4v) is 7.19. The lowest BCUT2D eigenvalue weighted by atomic mass is 9.78. The molecule has 0 amide bonds. The standard InChI is InChI=1S/C28H36N4O3S2/c1-28(2)20-32(18-23-7-8-24(35-3)15-25(23)28)26-5-4-6-27(30-26)37(33,34)29-16-21-9-12-31(13-10-21)17-22-11-14-36-19-22/h4-8,11,14-15,19,21,29H,9-10,12-13,16-18,20H2,1-3H3. The van der Waals surface area contributed by atoms with Gasteiger partial charge in [0.2, 0.25) is 0 Å². The Balaban J connectivity index is 1.22. The van der Waals surface area contributed by atoms with Gasteiger partial charge in [0.05, 0.1) is 7.11 Å². The second kappa shape index (κ2) is 10.7. The number of rotatable bonds is 8. The minimum absolute atomic E-state index is 0.0817. The van der Waals surface area contributed by atoms with Crippen molar-refractivity contribution in [1.29, 1.82) is 0 Å². The summed E-state index contributed by atoms with van der Waals surface area (Å²) in [6.07, 6.45) is 1.99. The van der Waals surface area contributed by atoms with Crippen molar-refractivity contribution in [3.8, 4) is 5.75 Å². The summed E-state index contributed by atoms with van der Waals surface area (Å²) in [6, 6.07) is 13.6. The predicted octanol–water partition coefficient (Wildman–Crippen LogP) is 4.64. The van der Waals surface area contributed by atoms with E-state index < -0.39 is 10.0 Å². The molecule has 0 aliphatic carbocycles. The number of nitrogens with zero attached hydrogens (tertiary/aromatic N) is 3. The number of piperidine rings is 1. The number of hydrogen-bond donors (Lipinski definition) is 1. The van der Waals surface area contributed by atoms with Crippen LogP contribution in [0.5, 0.6) is 5.75 Å². The Hall–Kier alpha value is -2.46. The van der Waals surface area contributed by atoms with E-state index in [4.69, 9.17) is 4.74 Å². The van der Waals surface area contributed by atoms with Crippen LogP contribution in [0, 0.1) is 5.92 Å². The van der Waals surface area contributed by atoms with Gasteiger partial charge in [0, 0.05) is 31.6 Å². The summed E-state index contributed by atoms with van der Waals surface area (Å²) in [5.41, 5.74) is 3.69. The molecule has 1 N–H and O–H groups in total. The van der Waals surface area contributed by atoms with Crippen molar-refractivity contribution in [1.82, 2.24) is 14.6 Å². The van der Waals surface area contributed by atoms with Crippen molar-refractivity contribution in [2.75, 3.05) is 38.2 Å². The maximum atomic E-state index is 13.2. The Labute approximate surface area is 224 Å². The van der Waals surface area contributed by atoms with Gasteiger partial charge in [-0.25, -0.2) is 18.1 Å². The molecular weight excluding hydrogens is 504 g/mol. The Bertz CT molecular complexity index is 1320. The number of ether oxygens (including phenoxy) is 1. The number of pyridine rings is 1. The molecule has 198 valence electrons. The van der Waals surface area contributed by atoms with Crippen LogP contribution in [0.2, 0.25) is 0 Å². The monoisotopic (exact) mass is 540 g/mol. The number of fused-ring (bicyclic) bond motifs is 1. The van der Waals surface area contributed by atoms with Gasteiger partial charge in [-0.3, -0.25) is 4.90 Å². The lowest BCUT2D eigenvalue weighted by Crippen LogP contribution is -2.42. The average Bonchev–Trinajstić information content (AvgIpc) is 3.41. The second-order valence-corrected chi connectivity index (χ2v) is 13.3. The minimum atomic E-state index is -3.69. The summed E-state index contributed by atoms with van der Waals surface area (Å²) in [4.78, 5) is 9.22. The van der Waals surface area contributed by atoms with Crippen LogP contribution in [0.25, 0.3) is 0 Å². The molecule has 2 aliphatic rings. The molecule has 1 saturated heterocycles. The normalized spacial score (nSPS) is 18.5. The van der Waals surface area contributed by atoms with Crippen molar-refractivity contribution in [3.05, 3.63) is 69.9 Å². The fraction of sp³-hybridized carbons (Fsp3) is 0.464. The van der Waals surface area contributed by atoms with Gasteiger partial charge in [-0.15, -0.1) is 0 Å². The zero-order chi connectivity index (χ0) is 26.0. The van der Waals surface area contributed by atoms with E-state index >= 15 is 0 Å². The van der Waals surface area contributed by atoms with Crippen LogP contribution < -0.4 is 14.4 Å². The lowest BCUT2D eigenvalue weighted by molar-refractivity contribution is 0.178. The van der Waals surface area contributed by atoms with Crippen LogP contribution >= 0.6 is 11.3 Å². The smallest absolute Gasteiger partial charge is 0.258 e. The molecule has 0 radical (unpaired) electrons. The molecule has 0 atom stereocenters. The van der Waals surface area contributed by atoms with Crippen LogP contribution in [0.4, 0.5) is 5.82 Å². The molecule has 0 bridgehead atoms. The van der Waals surface area contributed by atoms with Gasteiger partial charge in [0.25, 0.3) is 10.0 Å². The van der Waals surface area contributed by atoms with Gasteiger partial charge in [-0.05, 0) is 89.6 Å². The molecule has 3 aromatic rings. The van der Waals surface area contributed by atoms with Crippen molar-refractivity contribution >= 4 is 27.2 Å². The first-order valence-corrected chi connectivity index (χ1v) is 15.3. The molecule has 0 saturated carbocycles. The number of benzene rings is 1. The van der Waals surface area contributed by atoms with Crippen molar-refractivity contribution in [3.63, 3.8) is 0 Å². The Morgan fingerprint density at radius 1 is 1.16 bits per heavy atom. The maximum absolute atomic E-state index is 13.2. The summed E-state index contributed by atoms with van der Waals surface area (Å²) in [6.45, 7) is 9.23. The number of nitrogens with one attached hydrogen (secondary N) is 1. The lowest BCUT2D eigenvalue weighted by Gasteiger charge is -2.40. The number of methoxy groups -OCH3 is 1. The summed E-state index contributed by atoms with van der Waals surface area (Å²) in [5, 5.41) is 4.39. The Kier molecular flexibility index (Phi) is 7.58. The highest BCUT2D eigenvalue weighted by Crippen LogP contribution is 2.37. The maximum Gasteiger partial charge on any atom is 0.258 e. The topological polar surface area (TPSA) is 74.8 Å². The third-order valence-electron chi connectivity index (χ3n) is 7.56. The predicted molar refractivity (Wildman–Crippen MR) is 149 cm³/mol. The molecule has 9 heteroatoms. The molecule has 0 spiro atoms. The molecule has 1 aromatic carbocycles. The van der Waals surface area contributed by atoms with Gasteiger partial charge < -0.3 is 9.64 Å². The summed E-state index contributed by atoms with van der Waals surface area (Å²) in [5.74, 6) is 1.87. The Morgan fingerprint density at radius 3 is 2.70 bits per heavy atom. The van der Waals surface area contributed by atoms with Crippen molar-refractivity contribution < 1.29 is 13.2 Å². The van der Waals surface area contributed by atoms with Crippen LogP contribution in [0.15, 0.2) is 58.3 Å². The summed E-state index contributed by atoms with van der Waals surface area (Å²) >= 11 is 1.73. The second-order valence-electron chi connectivity index (χ2n) is 10.8. The fourth-order valence-electron chi connectivity index (χ4n) is 5.46. The molecule has 4 heterocycles. The highest BCUT2D eigenvalue weighted by Gasteiger charge is 2.33. The molecule has 7 nitrogen and oxygen atoms in total. The van der Waals surface area contributed by atoms with Crippen molar-refractivity contribution in [2.45, 2.75) is 50.2 Å². The highest BCUT2D eigenvalue weighted by molar-refractivity contribution is 7.89. The molecule has 2 aliphatic heterocycles. The van der Waals surface area contributed by atoms with Gasteiger partial charge in [-0.1, -0.05) is 26.0 Å². The molecule has 5 rings (SSSR count). The van der Waals surface area contributed by atoms with Gasteiger partial charge in [-0.2, -0.15) is 11.3 Å². The number of sulfonamides is 1. The number of likely N-dealkylation sites (tertiary alicyclic amines) is 1. The number of hydrogen-bond acceptors (Lipinski definition) is 7. The summed E-state index contributed by atoms with van der Waals surface area (Å²) in [7, 11) is -2.01. The van der Waals surface area contributed by atoms with Gasteiger partial charge in [0.15, 0.2) is 5.03 Å². The van der Waals surface area contributed by atoms with Crippen LogP contribution in [0.3, 0.4) is 0 Å². The molecule has 2 aromatic heterocycles. The van der Waals surface area contributed by atoms with Crippen LogP contribution in [0.1, 0.15) is 43.4 Å². The van der Waals surface area contributed by atoms with E-state index in [1.165, 1.54) is 16.7 Å². The first-order chi connectivity index (χ1) is 17.7.